The molecule has 0 unspecified atom stereocenters. The summed E-state index contributed by atoms with van der Waals surface area (Å²) in [6, 6.07) is 4.25. The van der Waals surface area contributed by atoms with Crippen LogP contribution in [-0.4, -0.2) is 5.54 Å². The number of nitrogens with one attached hydrogen (secondary N) is 1. The smallest absolute Gasteiger partial charge is 0.148 e. The molecular formula is C14H18BrNO. The molecular weight excluding hydrogens is 278 g/mol. The van der Waals surface area contributed by atoms with Crippen LogP contribution in [0.15, 0.2) is 27.3 Å². The predicted octanol–water partition coefficient (Wildman–Crippen LogP) is 4.39. The van der Waals surface area contributed by atoms with Gasteiger partial charge >= 0.3 is 0 Å². The van der Waals surface area contributed by atoms with E-state index >= 15 is 0 Å². The fourth-order valence-electron chi connectivity index (χ4n) is 1.78. The summed E-state index contributed by atoms with van der Waals surface area (Å²) in [6.45, 7) is 9.41. The first-order valence-corrected chi connectivity index (χ1v) is 6.57. The fraction of sp³-hybridized carbons (Fsp3) is 0.429. The van der Waals surface area contributed by atoms with E-state index in [9.17, 15) is 0 Å². The average Bonchev–Trinajstić information content (AvgIpc) is 2.57. The maximum absolute atomic E-state index is 5.61. The summed E-state index contributed by atoms with van der Waals surface area (Å²) in [7, 11) is 0. The molecule has 0 radical (unpaired) electrons. The molecule has 2 nitrogen and oxygen atoms in total. The summed E-state index contributed by atoms with van der Waals surface area (Å²) >= 11 is 3.54. The zero-order valence-corrected chi connectivity index (χ0v) is 12.3. The second kappa shape index (κ2) is 4.46. The Morgan fingerprint density at radius 3 is 2.65 bits per heavy atom. The first-order valence-electron chi connectivity index (χ1n) is 5.78. The third kappa shape index (κ3) is 2.90. The molecule has 2 rings (SSSR count). The summed E-state index contributed by atoms with van der Waals surface area (Å²) < 4.78 is 6.64. The van der Waals surface area contributed by atoms with Crippen molar-refractivity contribution in [2.75, 3.05) is 0 Å². The molecule has 0 fully saturated rings. The van der Waals surface area contributed by atoms with E-state index in [1.54, 1.807) is 0 Å². The summed E-state index contributed by atoms with van der Waals surface area (Å²) in [5, 5.41) is 4.67. The highest BCUT2D eigenvalue weighted by atomic mass is 79.9. The lowest BCUT2D eigenvalue weighted by Gasteiger charge is -2.20. The van der Waals surface area contributed by atoms with Gasteiger partial charge in [0, 0.05) is 23.0 Å². The van der Waals surface area contributed by atoms with E-state index in [1.807, 2.05) is 6.26 Å². The molecule has 0 bridgehead atoms. The fourth-order valence-corrected chi connectivity index (χ4v) is 2.45. The quantitative estimate of drug-likeness (QED) is 0.889. The zero-order chi connectivity index (χ0) is 12.6. The molecule has 0 amide bonds. The minimum absolute atomic E-state index is 0.116. The van der Waals surface area contributed by atoms with Crippen molar-refractivity contribution in [3.05, 3.63) is 34.0 Å². The SMILES string of the molecule is Cc1cc(Br)c2occ(CNC(C)(C)C)c2c1. The number of hydrogen-bond donors (Lipinski definition) is 1. The van der Waals surface area contributed by atoms with Crippen molar-refractivity contribution < 1.29 is 4.42 Å². The Labute approximate surface area is 111 Å². The number of hydrogen-bond acceptors (Lipinski definition) is 2. The lowest BCUT2D eigenvalue weighted by molar-refractivity contribution is 0.423. The average molecular weight is 296 g/mol. The zero-order valence-electron chi connectivity index (χ0n) is 10.7. The van der Waals surface area contributed by atoms with Crippen molar-refractivity contribution >= 4 is 26.9 Å². The van der Waals surface area contributed by atoms with Gasteiger partial charge < -0.3 is 9.73 Å². The number of benzene rings is 1. The van der Waals surface area contributed by atoms with E-state index in [2.05, 4.69) is 61.1 Å². The third-order valence-corrected chi connectivity index (χ3v) is 3.25. The van der Waals surface area contributed by atoms with Crippen molar-refractivity contribution in [1.82, 2.24) is 5.32 Å². The normalized spacial score (nSPS) is 12.3. The maximum Gasteiger partial charge on any atom is 0.148 e. The maximum atomic E-state index is 5.61. The molecule has 0 saturated carbocycles. The van der Waals surface area contributed by atoms with Crippen molar-refractivity contribution in [2.45, 2.75) is 39.8 Å². The molecule has 92 valence electrons. The predicted molar refractivity (Wildman–Crippen MR) is 75.2 cm³/mol. The molecule has 0 spiro atoms. The van der Waals surface area contributed by atoms with Gasteiger partial charge in [-0.1, -0.05) is 0 Å². The van der Waals surface area contributed by atoms with E-state index < -0.39 is 0 Å². The summed E-state index contributed by atoms with van der Waals surface area (Å²) in [6.07, 6.45) is 1.84. The van der Waals surface area contributed by atoms with Gasteiger partial charge in [-0.15, -0.1) is 0 Å². The van der Waals surface area contributed by atoms with Crippen LogP contribution in [0.5, 0.6) is 0 Å². The third-order valence-electron chi connectivity index (χ3n) is 2.66. The van der Waals surface area contributed by atoms with Crippen molar-refractivity contribution in [1.29, 1.82) is 0 Å². The van der Waals surface area contributed by atoms with E-state index in [1.165, 1.54) is 16.5 Å². The molecule has 0 aliphatic rings. The number of furan rings is 1. The molecule has 17 heavy (non-hydrogen) atoms. The second-order valence-corrected chi connectivity index (χ2v) is 6.34. The van der Waals surface area contributed by atoms with Gasteiger partial charge in [-0.2, -0.15) is 0 Å². The van der Waals surface area contributed by atoms with Gasteiger partial charge in [0.15, 0.2) is 0 Å². The van der Waals surface area contributed by atoms with Gasteiger partial charge in [-0.05, 0) is 61.3 Å². The van der Waals surface area contributed by atoms with Gasteiger partial charge in [0.1, 0.15) is 5.58 Å². The topological polar surface area (TPSA) is 25.2 Å². The number of rotatable bonds is 2. The van der Waals surface area contributed by atoms with Gasteiger partial charge in [-0.25, -0.2) is 0 Å². The minimum Gasteiger partial charge on any atom is -0.463 e. The Bertz CT molecular complexity index is 537. The molecule has 0 aliphatic carbocycles. The molecule has 1 heterocycles. The van der Waals surface area contributed by atoms with E-state index in [0.29, 0.717) is 0 Å². The Hall–Kier alpha value is -0.800. The van der Waals surface area contributed by atoms with Crippen LogP contribution in [0.4, 0.5) is 0 Å². The van der Waals surface area contributed by atoms with E-state index in [4.69, 9.17) is 4.42 Å². The van der Waals surface area contributed by atoms with Gasteiger partial charge in [0.2, 0.25) is 0 Å². The van der Waals surface area contributed by atoms with Crippen LogP contribution in [-0.2, 0) is 6.54 Å². The summed E-state index contributed by atoms with van der Waals surface area (Å²) in [5.41, 5.74) is 3.49. The largest absolute Gasteiger partial charge is 0.463 e. The molecule has 2 aromatic rings. The molecule has 1 N–H and O–H groups in total. The summed E-state index contributed by atoms with van der Waals surface area (Å²) in [4.78, 5) is 0. The second-order valence-electron chi connectivity index (χ2n) is 5.49. The Balaban J connectivity index is 2.36. The van der Waals surface area contributed by atoms with Gasteiger partial charge in [0.05, 0.1) is 10.7 Å². The molecule has 3 heteroatoms. The highest BCUT2D eigenvalue weighted by molar-refractivity contribution is 9.10. The van der Waals surface area contributed by atoms with E-state index in [0.717, 1.165) is 16.6 Å². The van der Waals surface area contributed by atoms with E-state index in [-0.39, 0.29) is 5.54 Å². The van der Waals surface area contributed by atoms with Crippen LogP contribution in [0.25, 0.3) is 11.0 Å². The van der Waals surface area contributed by atoms with Crippen LogP contribution >= 0.6 is 15.9 Å². The van der Waals surface area contributed by atoms with Crippen LogP contribution in [0, 0.1) is 6.92 Å². The molecule has 0 atom stereocenters. The van der Waals surface area contributed by atoms with Crippen LogP contribution in [0.1, 0.15) is 31.9 Å². The lowest BCUT2D eigenvalue weighted by atomic mass is 10.1. The number of halogens is 1. The van der Waals surface area contributed by atoms with Crippen molar-refractivity contribution in [3.63, 3.8) is 0 Å². The number of aryl methyl sites for hydroxylation is 1. The monoisotopic (exact) mass is 295 g/mol. The van der Waals surface area contributed by atoms with Crippen molar-refractivity contribution in [3.8, 4) is 0 Å². The highest BCUT2D eigenvalue weighted by Gasteiger charge is 2.13. The highest BCUT2D eigenvalue weighted by Crippen LogP contribution is 2.29. The standard InChI is InChI=1S/C14H18BrNO/c1-9-5-11-10(7-16-14(2,3)4)8-17-13(11)12(15)6-9/h5-6,8,16H,7H2,1-4H3. The Morgan fingerprint density at radius 1 is 1.29 bits per heavy atom. The molecule has 1 aromatic heterocycles. The summed E-state index contributed by atoms with van der Waals surface area (Å²) in [5.74, 6) is 0. The van der Waals surface area contributed by atoms with Crippen molar-refractivity contribution in [2.24, 2.45) is 0 Å². The Kier molecular flexibility index (Phi) is 3.32. The molecule has 1 aromatic carbocycles. The van der Waals surface area contributed by atoms with Gasteiger partial charge in [-0.3, -0.25) is 0 Å². The molecule has 0 saturated heterocycles. The first-order chi connectivity index (χ1) is 7.87. The van der Waals surface area contributed by atoms with Crippen LogP contribution in [0.2, 0.25) is 0 Å². The molecule has 0 aliphatic heterocycles. The number of fused-ring (bicyclic) bond motifs is 1. The lowest BCUT2D eigenvalue weighted by Crippen LogP contribution is -2.34. The minimum atomic E-state index is 0.116. The van der Waals surface area contributed by atoms with Crippen LogP contribution < -0.4 is 5.32 Å². The van der Waals surface area contributed by atoms with Crippen LogP contribution in [0.3, 0.4) is 0 Å². The van der Waals surface area contributed by atoms with Gasteiger partial charge in [0.25, 0.3) is 0 Å². The Morgan fingerprint density at radius 2 is 2.00 bits per heavy atom. The first kappa shape index (κ1) is 12.7.